The van der Waals surface area contributed by atoms with E-state index in [9.17, 15) is 10.1 Å². The minimum atomic E-state index is -0.304. The Bertz CT molecular complexity index is 610. The fourth-order valence-electron chi connectivity index (χ4n) is 3.39. The molecule has 1 aromatic carbocycles. The van der Waals surface area contributed by atoms with Gasteiger partial charge in [-0.3, -0.25) is 15.0 Å². The normalized spacial score (nSPS) is 17.3. The van der Waals surface area contributed by atoms with Crippen molar-refractivity contribution in [1.29, 1.82) is 0 Å². The Morgan fingerprint density at radius 1 is 1.15 bits per heavy atom. The lowest BCUT2D eigenvalue weighted by Gasteiger charge is -2.35. The molecule has 1 aromatic rings. The lowest BCUT2D eigenvalue weighted by Crippen LogP contribution is -2.45. The minimum Gasteiger partial charge on any atom is -0.454 e. The lowest BCUT2D eigenvalue weighted by molar-refractivity contribution is -0.386. The summed E-state index contributed by atoms with van der Waals surface area (Å²) in [5.74, 6) is 1.64. The van der Waals surface area contributed by atoms with Crippen LogP contribution >= 0.6 is 24.8 Å². The molecular weight excluding hydrogens is 381 g/mol. The van der Waals surface area contributed by atoms with E-state index >= 15 is 0 Å². The summed E-state index contributed by atoms with van der Waals surface area (Å²) in [4.78, 5) is 13.7. The second-order valence-corrected chi connectivity index (χ2v) is 6.79. The number of nitro groups is 1. The number of ether oxygens (including phenoxy) is 2. The van der Waals surface area contributed by atoms with E-state index in [4.69, 9.17) is 9.47 Å². The van der Waals surface area contributed by atoms with E-state index in [-0.39, 0.29) is 48.3 Å². The smallest absolute Gasteiger partial charge is 0.278 e. The van der Waals surface area contributed by atoms with Crippen molar-refractivity contribution in [2.75, 3.05) is 33.0 Å². The zero-order chi connectivity index (χ0) is 17.1. The van der Waals surface area contributed by atoms with Crippen molar-refractivity contribution in [2.24, 2.45) is 5.92 Å². The fourth-order valence-corrected chi connectivity index (χ4v) is 3.39. The van der Waals surface area contributed by atoms with E-state index < -0.39 is 0 Å². The molecule has 0 saturated carbocycles. The third-order valence-electron chi connectivity index (χ3n) is 4.69. The third-order valence-corrected chi connectivity index (χ3v) is 4.69. The second-order valence-electron chi connectivity index (χ2n) is 6.79. The molecule has 9 heteroatoms. The molecule has 3 rings (SSSR count). The third kappa shape index (κ3) is 5.13. The van der Waals surface area contributed by atoms with E-state index in [1.54, 1.807) is 0 Å². The SMILES string of the molecule is CC(C)CC[C@@H](c1cc2c(cc1[N+](=O)[O-])OCO2)N1CCNCC1.Cl.Cl. The molecule has 1 atom stereocenters. The topological polar surface area (TPSA) is 76.9 Å². The number of fused-ring (bicyclic) bond motifs is 1. The molecule has 0 unspecified atom stereocenters. The number of nitrogens with one attached hydrogen (secondary N) is 1. The van der Waals surface area contributed by atoms with Crippen LogP contribution in [0.3, 0.4) is 0 Å². The van der Waals surface area contributed by atoms with Crippen LogP contribution in [-0.2, 0) is 0 Å². The van der Waals surface area contributed by atoms with Crippen molar-refractivity contribution in [3.63, 3.8) is 0 Å². The summed E-state index contributed by atoms with van der Waals surface area (Å²) < 4.78 is 10.8. The van der Waals surface area contributed by atoms with Crippen LogP contribution in [0.2, 0.25) is 0 Å². The Morgan fingerprint density at radius 3 is 2.35 bits per heavy atom. The number of nitrogens with zero attached hydrogens (tertiary/aromatic N) is 2. The van der Waals surface area contributed by atoms with Crippen LogP contribution in [0.4, 0.5) is 5.69 Å². The maximum Gasteiger partial charge on any atom is 0.278 e. The zero-order valence-electron chi connectivity index (χ0n) is 15.1. The van der Waals surface area contributed by atoms with E-state index in [0.29, 0.717) is 17.4 Å². The Hall–Kier alpha value is -1.28. The van der Waals surface area contributed by atoms with Gasteiger partial charge in [0.15, 0.2) is 11.5 Å². The molecule has 0 spiro atoms. The summed E-state index contributed by atoms with van der Waals surface area (Å²) in [7, 11) is 0. The van der Waals surface area contributed by atoms with E-state index in [2.05, 4.69) is 24.1 Å². The van der Waals surface area contributed by atoms with Gasteiger partial charge in [0.2, 0.25) is 6.79 Å². The molecule has 0 amide bonds. The van der Waals surface area contributed by atoms with Crippen molar-refractivity contribution in [2.45, 2.75) is 32.7 Å². The van der Waals surface area contributed by atoms with Crippen LogP contribution in [0, 0.1) is 16.0 Å². The van der Waals surface area contributed by atoms with Gasteiger partial charge in [-0.2, -0.15) is 0 Å². The van der Waals surface area contributed by atoms with Crippen LogP contribution in [-0.4, -0.2) is 42.8 Å². The molecular formula is C17H27Cl2N3O4. The maximum absolute atomic E-state index is 11.6. The molecule has 0 bridgehead atoms. The Balaban J connectivity index is 0.00000169. The number of nitro benzene ring substituents is 1. The Morgan fingerprint density at radius 2 is 1.77 bits per heavy atom. The first kappa shape index (κ1) is 22.8. The zero-order valence-corrected chi connectivity index (χ0v) is 16.7. The summed E-state index contributed by atoms with van der Waals surface area (Å²) in [5, 5.41) is 15.0. The fraction of sp³-hybridized carbons (Fsp3) is 0.647. The highest BCUT2D eigenvalue weighted by Crippen LogP contribution is 2.43. The molecule has 0 aliphatic carbocycles. The highest BCUT2D eigenvalue weighted by Gasteiger charge is 2.31. The first-order valence-corrected chi connectivity index (χ1v) is 8.59. The minimum absolute atomic E-state index is 0. The Kier molecular flexibility index (Phi) is 8.89. The predicted molar refractivity (Wildman–Crippen MR) is 105 cm³/mol. The van der Waals surface area contributed by atoms with Crippen molar-refractivity contribution >= 4 is 30.5 Å². The highest BCUT2D eigenvalue weighted by atomic mass is 35.5. The molecule has 1 saturated heterocycles. The van der Waals surface area contributed by atoms with Gasteiger partial charge in [0.25, 0.3) is 5.69 Å². The van der Waals surface area contributed by atoms with Gasteiger partial charge in [-0.05, 0) is 24.8 Å². The van der Waals surface area contributed by atoms with Gasteiger partial charge in [-0.1, -0.05) is 13.8 Å². The number of benzene rings is 1. The average molecular weight is 408 g/mol. The molecule has 148 valence electrons. The quantitative estimate of drug-likeness (QED) is 0.573. The molecule has 7 nitrogen and oxygen atoms in total. The van der Waals surface area contributed by atoms with Crippen LogP contribution in [0.5, 0.6) is 11.5 Å². The van der Waals surface area contributed by atoms with Crippen molar-refractivity contribution in [3.8, 4) is 11.5 Å². The number of rotatable bonds is 6. The van der Waals surface area contributed by atoms with Gasteiger partial charge in [-0.15, -0.1) is 24.8 Å². The number of halogens is 2. The summed E-state index contributed by atoms with van der Waals surface area (Å²) in [6.45, 7) is 8.11. The number of hydrogen-bond acceptors (Lipinski definition) is 6. The van der Waals surface area contributed by atoms with Crippen molar-refractivity contribution in [3.05, 3.63) is 27.8 Å². The van der Waals surface area contributed by atoms with Crippen molar-refractivity contribution in [1.82, 2.24) is 10.2 Å². The van der Waals surface area contributed by atoms with E-state index in [1.807, 2.05) is 6.07 Å². The molecule has 2 aliphatic heterocycles. The molecule has 26 heavy (non-hydrogen) atoms. The summed E-state index contributed by atoms with van der Waals surface area (Å²) in [5.41, 5.74) is 0.873. The van der Waals surface area contributed by atoms with Gasteiger partial charge in [0, 0.05) is 32.2 Å². The molecule has 0 radical (unpaired) electrons. The monoisotopic (exact) mass is 407 g/mol. The van der Waals surface area contributed by atoms with Crippen LogP contribution in [0.15, 0.2) is 12.1 Å². The first-order chi connectivity index (χ1) is 11.6. The molecule has 0 aromatic heterocycles. The number of piperazine rings is 1. The van der Waals surface area contributed by atoms with E-state index in [0.717, 1.165) is 44.6 Å². The van der Waals surface area contributed by atoms with E-state index in [1.165, 1.54) is 6.07 Å². The van der Waals surface area contributed by atoms with Crippen LogP contribution in [0.25, 0.3) is 0 Å². The summed E-state index contributed by atoms with van der Waals surface area (Å²) in [6, 6.07) is 3.36. The van der Waals surface area contributed by atoms with Gasteiger partial charge in [-0.25, -0.2) is 0 Å². The second kappa shape index (κ2) is 10.2. The highest BCUT2D eigenvalue weighted by molar-refractivity contribution is 5.85. The predicted octanol–water partition coefficient (Wildman–Crippen LogP) is 3.55. The first-order valence-electron chi connectivity index (χ1n) is 8.59. The van der Waals surface area contributed by atoms with Crippen molar-refractivity contribution < 1.29 is 14.4 Å². The van der Waals surface area contributed by atoms with Gasteiger partial charge < -0.3 is 14.8 Å². The molecule has 2 aliphatic rings. The molecule has 1 fully saturated rings. The summed E-state index contributed by atoms with van der Waals surface area (Å²) in [6.07, 6.45) is 1.93. The molecule has 2 heterocycles. The van der Waals surface area contributed by atoms with Crippen LogP contribution < -0.4 is 14.8 Å². The van der Waals surface area contributed by atoms with Crippen LogP contribution in [0.1, 0.15) is 38.3 Å². The maximum atomic E-state index is 11.6. The van der Waals surface area contributed by atoms with Gasteiger partial charge in [0.1, 0.15) is 0 Å². The summed E-state index contributed by atoms with van der Waals surface area (Å²) >= 11 is 0. The molecule has 1 N–H and O–H groups in total. The lowest BCUT2D eigenvalue weighted by atomic mass is 9.94. The Labute approximate surface area is 166 Å². The van der Waals surface area contributed by atoms with Gasteiger partial charge in [0.05, 0.1) is 16.6 Å². The average Bonchev–Trinajstić information content (AvgIpc) is 3.02. The standard InChI is InChI=1S/C17H25N3O4.2ClH/c1-12(2)3-4-14(19-7-5-18-6-8-19)13-9-16-17(24-11-23-16)10-15(13)20(21)22;;/h9-10,12,14,18H,3-8,11H2,1-2H3;2*1H/t14-;;/m0../s1. The number of hydrogen-bond donors (Lipinski definition) is 1. The van der Waals surface area contributed by atoms with Gasteiger partial charge >= 0.3 is 0 Å². The largest absolute Gasteiger partial charge is 0.454 e.